The predicted octanol–water partition coefficient (Wildman–Crippen LogP) is 1.99. The molecule has 0 aromatic heterocycles. The Labute approximate surface area is 68.0 Å². The van der Waals surface area contributed by atoms with Gasteiger partial charge in [-0.1, -0.05) is 5.04 Å². The van der Waals surface area contributed by atoms with Gasteiger partial charge in [-0.15, -0.1) is 0 Å². The standard InChI is InChI=1S/C4H4F6O3/c5-3(6,7)1-11-13-12-2-4(8,9)10/h1-2H2. The summed E-state index contributed by atoms with van der Waals surface area (Å²) in [5, 5.41) is 3.15. The Morgan fingerprint density at radius 3 is 1.23 bits per heavy atom. The number of rotatable bonds is 4. The van der Waals surface area contributed by atoms with Crippen LogP contribution in [0.4, 0.5) is 26.3 Å². The van der Waals surface area contributed by atoms with Crippen LogP contribution in [0.1, 0.15) is 0 Å². The van der Waals surface area contributed by atoms with Gasteiger partial charge in [-0.05, 0) is 0 Å². The summed E-state index contributed by atoms with van der Waals surface area (Å²) in [6.07, 6.45) is -9.36. The van der Waals surface area contributed by atoms with E-state index in [0.717, 1.165) is 0 Å². The third-order valence-corrected chi connectivity index (χ3v) is 0.541. The summed E-state index contributed by atoms with van der Waals surface area (Å²) < 4.78 is 67.4. The average molecular weight is 214 g/mol. The molecule has 0 saturated carbocycles. The highest BCUT2D eigenvalue weighted by atomic mass is 19.4. The van der Waals surface area contributed by atoms with Crippen molar-refractivity contribution < 1.29 is 41.2 Å². The highest BCUT2D eigenvalue weighted by Crippen LogP contribution is 2.16. The Morgan fingerprint density at radius 1 is 0.692 bits per heavy atom. The van der Waals surface area contributed by atoms with E-state index in [1.807, 2.05) is 0 Å². The number of hydrogen-bond donors (Lipinski definition) is 0. The van der Waals surface area contributed by atoms with E-state index in [0.29, 0.717) is 0 Å². The first-order chi connectivity index (χ1) is 5.71. The van der Waals surface area contributed by atoms with Crippen molar-refractivity contribution in [1.82, 2.24) is 0 Å². The monoisotopic (exact) mass is 214 g/mol. The van der Waals surface area contributed by atoms with E-state index in [1.54, 1.807) is 0 Å². The highest BCUT2D eigenvalue weighted by molar-refractivity contribution is 4.42. The molecule has 0 heterocycles. The minimum Gasteiger partial charge on any atom is -0.197 e. The van der Waals surface area contributed by atoms with Crippen LogP contribution in [0.3, 0.4) is 0 Å². The minimum absolute atomic E-state index is 1.84. The smallest absolute Gasteiger partial charge is 0.197 e. The van der Waals surface area contributed by atoms with Gasteiger partial charge in [0, 0.05) is 0 Å². The van der Waals surface area contributed by atoms with Crippen molar-refractivity contribution in [3.05, 3.63) is 0 Å². The van der Waals surface area contributed by atoms with Gasteiger partial charge >= 0.3 is 12.4 Å². The average Bonchev–Trinajstić information content (AvgIpc) is 1.81. The molecule has 0 rings (SSSR count). The SMILES string of the molecule is FC(F)(F)COOOCC(F)(F)F. The van der Waals surface area contributed by atoms with Gasteiger partial charge in [0.05, 0.1) is 0 Å². The van der Waals surface area contributed by atoms with Gasteiger partial charge in [-0.25, -0.2) is 0 Å². The van der Waals surface area contributed by atoms with Crippen LogP contribution >= 0.6 is 0 Å². The second-order valence-corrected chi connectivity index (χ2v) is 1.82. The zero-order valence-corrected chi connectivity index (χ0v) is 5.91. The molecule has 80 valence electrons. The normalized spacial score (nSPS) is 13.4. The van der Waals surface area contributed by atoms with Crippen molar-refractivity contribution in [1.29, 1.82) is 0 Å². The summed E-state index contributed by atoms with van der Waals surface area (Å²) in [5.74, 6) is 0. The van der Waals surface area contributed by atoms with E-state index < -0.39 is 25.6 Å². The summed E-state index contributed by atoms with van der Waals surface area (Å²) in [6.45, 7) is -3.68. The largest absolute Gasteiger partial charge is 0.415 e. The second-order valence-electron chi connectivity index (χ2n) is 1.82. The van der Waals surface area contributed by atoms with Crippen molar-refractivity contribution in [2.24, 2.45) is 0 Å². The molecule has 0 unspecified atom stereocenters. The predicted molar refractivity (Wildman–Crippen MR) is 25.1 cm³/mol. The molecule has 0 amide bonds. The van der Waals surface area contributed by atoms with Crippen LogP contribution in [0.15, 0.2) is 0 Å². The molecule has 0 aliphatic rings. The molecule has 0 aromatic rings. The zero-order valence-electron chi connectivity index (χ0n) is 5.91. The van der Waals surface area contributed by atoms with Gasteiger partial charge in [0.25, 0.3) is 0 Å². The van der Waals surface area contributed by atoms with Crippen LogP contribution in [0.2, 0.25) is 0 Å². The molecule has 0 atom stereocenters. The Bertz CT molecular complexity index is 124. The first-order valence-electron chi connectivity index (χ1n) is 2.75. The molecular weight excluding hydrogens is 210 g/mol. The lowest BCUT2D eigenvalue weighted by Crippen LogP contribution is -2.20. The second kappa shape index (κ2) is 4.63. The van der Waals surface area contributed by atoms with Crippen molar-refractivity contribution in [2.75, 3.05) is 13.2 Å². The number of halogens is 6. The van der Waals surface area contributed by atoms with Gasteiger partial charge < -0.3 is 0 Å². The van der Waals surface area contributed by atoms with E-state index in [4.69, 9.17) is 0 Å². The fraction of sp³-hybridized carbons (Fsp3) is 1.00. The van der Waals surface area contributed by atoms with Gasteiger partial charge in [0.15, 0.2) is 13.2 Å². The lowest BCUT2D eigenvalue weighted by molar-refractivity contribution is -0.534. The van der Waals surface area contributed by atoms with E-state index in [2.05, 4.69) is 14.8 Å². The van der Waals surface area contributed by atoms with Crippen LogP contribution < -0.4 is 0 Å². The molecule has 0 saturated heterocycles. The summed E-state index contributed by atoms with van der Waals surface area (Å²) >= 11 is 0. The van der Waals surface area contributed by atoms with E-state index in [1.165, 1.54) is 0 Å². The molecular formula is C4H4F6O3. The van der Waals surface area contributed by atoms with E-state index in [9.17, 15) is 26.3 Å². The van der Waals surface area contributed by atoms with Crippen molar-refractivity contribution in [3.63, 3.8) is 0 Å². The molecule has 0 fully saturated rings. The number of hydrogen-bond acceptors (Lipinski definition) is 3. The third-order valence-electron chi connectivity index (χ3n) is 0.541. The van der Waals surface area contributed by atoms with Crippen LogP contribution in [-0.4, -0.2) is 25.6 Å². The Balaban J connectivity index is 3.28. The van der Waals surface area contributed by atoms with Crippen molar-refractivity contribution >= 4 is 0 Å². The van der Waals surface area contributed by atoms with E-state index in [-0.39, 0.29) is 0 Å². The lowest BCUT2D eigenvalue weighted by Gasteiger charge is -2.07. The van der Waals surface area contributed by atoms with Crippen molar-refractivity contribution in [3.8, 4) is 0 Å². The summed E-state index contributed by atoms with van der Waals surface area (Å²) in [4.78, 5) is 6.49. The van der Waals surface area contributed by atoms with E-state index >= 15 is 0 Å². The summed E-state index contributed by atoms with van der Waals surface area (Å²) in [5.41, 5.74) is 0. The molecule has 0 bridgehead atoms. The van der Waals surface area contributed by atoms with Gasteiger partial charge in [0.1, 0.15) is 0 Å². The quantitative estimate of drug-likeness (QED) is 0.310. The third kappa shape index (κ3) is 11.5. The molecule has 9 heteroatoms. The van der Waals surface area contributed by atoms with Crippen LogP contribution in [0.5, 0.6) is 0 Å². The van der Waals surface area contributed by atoms with Gasteiger partial charge in [-0.3, -0.25) is 0 Å². The molecule has 0 radical (unpaired) electrons. The Morgan fingerprint density at radius 2 is 1.00 bits per heavy atom. The summed E-state index contributed by atoms with van der Waals surface area (Å²) in [7, 11) is 0. The van der Waals surface area contributed by atoms with Gasteiger partial charge in [-0.2, -0.15) is 36.1 Å². The molecule has 0 spiro atoms. The molecule has 0 N–H and O–H groups in total. The molecule has 13 heavy (non-hydrogen) atoms. The fourth-order valence-electron chi connectivity index (χ4n) is 0.216. The number of alkyl halides is 6. The van der Waals surface area contributed by atoms with Crippen molar-refractivity contribution in [2.45, 2.75) is 12.4 Å². The highest BCUT2D eigenvalue weighted by Gasteiger charge is 2.30. The molecule has 0 aliphatic heterocycles. The van der Waals surface area contributed by atoms with Crippen LogP contribution in [0.25, 0.3) is 0 Å². The lowest BCUT2D eigenvalue weighted by atomic mass is 10.7. The Kier molecular flexibility index (Phi) is 4.44. The maximum absolute atomic E-state index is 11.2. The maximum atomic E-state index is 11.2. The van der Waals surface area contributed by atoms with Gasteiger partial charge in [0.2, 0.25) is 0 Å². The van der Waals surface area contributed by atoms with Crippen LogP contribution in [-0.2, 0) is 14.8 Å². The van der Waals surface area contributed by atoms with Crippen LogP contribution in [0, 0.1) is 0 Å². The first-order valence-corrected chi connectivity index (χ1v) is 2.75. The minimum atomic E-state index is -4.68. The Hall–Kier alpha value is -0.540. The fourth-order valence-corrected chi connectivity index (χ4v) is 0.216. The topological polar surface area (TPSA) is 27.7 Å². The zero-order chi connectivity index (χ0) is 10.5. The maximum Gasteiger partial charge on any atom is 0.415 e. The molecule has 0 aliphatic carbocycles. The summed E-state index contributed by atoms with van der Waals surface area (Å²) in [6, 6.07) is 0. The molecule has 3 nitrogen and oxygen atoms in total. The first kappa shape index (κ1) is 12.5. The molecule has 0 aromatic carbocycles.